The van der Waals surface area contributed by atoms with Crippen LogP contribution in [0.25, 0.3) is 11.4 Å². The van der Waals surface area contributed by atoms with Crippen molar-refractivity contribution in [3.8, 4) is 11.4 Å². The van der Waals surface area contributed by atoms with Gasteiger partial charge in [0.05, 0.1) is 11.7 Å². The van der Waals surface area contributed by atoms with Gasteiger partial charge in [-0.2, -0.15) is 4.98 Å². The molecule has 0 radical (unpaired) electrons. The minimum Gasteiger partial charge on any atom is -0.368 e. The summed E-state index contributed by atoms with van der Waals surface area (Å²) in [6.07, 6.45) is 7.04. The topological polar surface area (TPSA) is 81.0 Å². The zero-order valence-electron chi connectivity index (χ0n) is 14.4. The van der Waals surface area contributed by atoms with Gasteiger partial charge in [-0.25, -0.2) is 0 Å². The largest absolute Gasteiger partial charge is 0.368 e. The minimum absolute atomic E-state index is 0.186. The average Bonchev–Trinajstić information content (AvgIpc) is 3.02. The molecule has 6 nitrogen and oxygen atoms in total. The molecule has 1 N–H and O–H groups in total. The maximum absolute atomic E-state index is 12.2. The van der Waals surface area contributed by atoms with Gasteiger partial charge in [0.2, 0.25) is 5.82 Å². The Labute approximate surface area is 141 Å². The molecule has 1 aliphatic rings. The normalized spacial score (nSPS) is 16.0. The lowest BCUT2D eigenvalue weighted by Gasteiger charge is -2.20. The van der Waals surface area contributed by atoms with Gasteiger partial charge in [0.1, 0.15) is 6.61 Å². The number of nitrogens with one attached hydrogen (secondary N) is 1. The molecule has 0 atom stereocenters. The molecule has 2 heterocycles. The number of hydrogen-bond donors (Lipinski definition) is 1. The van der Waals surface area contributed by atoms with Crippen LogP contribution >= 0.6 is 0 Å². The van der Waals surface area contributed by atoms with Crippen molar-refractivity contribution in [2.75, 3.05) is 0 Å². The number of aromatic nitrogens is 3. The Morgan fingerprint density at radius 3 is 2.79 bits per heavy atom. The Hall–Kier alpha value is -1.95. The molecule has 6 heteroatoms. The first-order valence-electron chi connectivity index (χ1n) is 8.78. The van der Waals surface area contributed by atoms with Crippen LogP contribution in [0, 0.1) is 5.92 Å². The van der Waals surface area contributed by atoms with Crippen LogP contribution in [0.3, 0.4) is 0 Å². The molecule has 1 aliphatic carbocycles. The maximum Gasteiger partial charge on any atom is 0.259 e. The molecule has 0 aliphatic heterocycles. The molecule has 0 spiro atoms. The summed E-state index contributed by atoms with van der Waals surface area (Å²) in [5.74, 6) is 1.22. The van der Waals surface area contributed by atoms with Gasteiger partial charge >= 0.3 is 0 Å². The fourth-order valence-corrected chi connectivity index (χ4v) is 3.09. The third-order valence-electron chi connectivity index (χ3n) is 4.30. The molecule has 1 saturated carbocycles. The predicted molar refractivity (Wildman–Crippen MR) is 90.6 cm³/mol. The first kappa shape index (κ1) is 16.9. The van der Waals surface area contributed by atoms with Crippen molar-refractivity contribution in [3.05, 3.63) is 34.1 Å². The summed E-state index contributed by atoms with van der Waals surface area (Å²) in [5, 5.41) is 3.92. The maximum atomic E-state index is 12.2. The summed E-state index contributed by atoms with van der Waals surface area (Å²) >= 11 is 0. The van der Waals surface area contributed by atoms with Crippen LogP contribution in [-0.2, 0) is 17.8 Å². The molecule has 3 rings (SSSR count). The van der Waals surface area contributed by atoms with Crippen LogP contribution in [0.1, 0.15) is 57.5 Å². The number of pyridine rings is 1. The lowest BCUT2D eigenvalue weighted by molar-refractivity contribution is 0.00462. The minimum atomic E-state index is -0.186. The highest BCUT2D eigenvalue weighted by Crippen LogP contribution is 2.21. The summed E-state index contributed by atoms with van der Waals surface area (Å²) in [7, 11) is 0. The van der Waals surface area contributed by atoms with E-state index in [4.69, 9.17) is 9.26 Å². The third-order valence-corrected chi connectivity index (χ3v) is 4.30. The van der Waals surface area contributed by atoms with Gasteiger partial charge in [-0.15, -0.1) is 0 Å². The van der Waals surface area contributed by atoms with E-state index in [0.29, 0.717) is 29.8 Å². The van der Waals surface area contributed by atoms with Crippen molar-refractivity contribution < 1.29 is 9.26 Å². The zero-order valence-corrected chi connectivity index (χ0v) is 14.4. The number of hydrogen-bond acceptors (Lipinski definition) is 5. The van der Waals surface area contributed by atoms with E-state index in [1.165, 1.54) is 19.3 Å². The molecule has 0 bridgehead atoms. The molecule has 24 heavy (non-hydrogen) atoms. The van der Waals surface area contributed by atoms with E-state index in [1.54, 1.807) is 6.07 Å². The summed E-state index contributed by atoms with van der Waals surface area (Å²) in [6.45, 7) is 4.54. The second-order valence-corrected chi connectivity index (χ2v) is 6.91. The van der Waals surface area contributed by atoms with E-state index in [9.17, 15) is 4.79 Å². The fraction of sp³-hybridized carbons (Fsp3) is 0.611. The van der Waals surface area contributed by atoms with Gasteiger partial charge in [-0.1, -0.05) is 38.3 Å². The van der Waals surface area contributed by atoms with Gasteiger partial charge in [-0.05, 0) is 37.3 Å². The van der Waals surface area contributed by atoms with E-state index < -0.39 is 0 Å². The molecule has 0 saturated heterocycles. The number of ether oxygens (including phenoxy) is 1. The van der Waals surface area contributed by atoms with E-state index in [2.05, 4.69) is 29.0 Å². The Morgan fingerprint density at radius 1 is 1.29 bits per heavy atom. The Balaban J connectivity index is 1.65. The van der Waals surface area contributed by atoms with Crippen molar-refractivity contribution in [1.82, 2.24) is 15.1 Å². The van der Waals surface area contributed by atoms with Gasteiger partial charge in [0, 0.05) is 5.69 Å². The van der Waals surface area contributed by atoms with Crippen LogP contribution in [0.4, 0.5) is 0 Å². The van der Waals surface area contributed by atoms with Gasteiger partial charge in [0.15, 0.2) is 0 Å². The number of aromatic amines is 1. The molecular weight excluding hydrogens is 306 g/mol. The lowest BCUT2D eigenvalue weighted by Crippen LogP contribution is -2.16. The van der Waals surface area contributed by atoms with E-state index in [1.807, 2.05) is 6.07 Å². The van der Waals surface area contributed by atoms with E-state index in [-0.39, 0.29) is 11.7 Å². The van der Waals surface area contributed by atoms with Crippen LogP contribution in [0.2, 0.25) is 0 Å². The first-order chi connectivity index (χ1) is 11.6. The van der Waals surface area contributed by atoms with Crippen LogP contribution in [0.15, 0.2) is 21.5 Å². The summed E-state index contributed by atoms with van der Waals surface area (Å²) in [5.41, 5.74) is 1.16. The van der Waals surface area contributed by atoms with Crippen molar-refractivity contribution in [1.29, 1.82) is 0 Å². The second-order valence-electron chi connectivity index (χ2n) is 6.91. The smallest absolute Gasteiger partial charge is 0.259 e. The van der Waals surface area contributed by atoms with Gasteiger partial charge in [-0.3, -0.25) is 4.79 Å². The second kappa shape index (κ2) is 7.75. The fourth-order valence-electron chi connectivity index (χ4n) is 3.09. The quantitative estimate of drug-likeness (QED) is 0.876. The molecule has 0 amide bonds. The number of H-pyrrole nitrogens is 1. The Kier molecular flexibility index (Phi) is 5.45. The Bertz CT molecular complexity index is 714. The van der Waals surface area contributed by atoms with E-state index in [0.717, 1.165) is 25.0 Å². The van der Waals surface area contributed by atoms with Crippen molar-refractivity contribution in [2.24, 2.45) is 5.92 Å². The van der Waals surface area contributed by atoms with Gasteiger partial charge < -0.3 is 14.2 Å². The SMILES string of the molecule is CC(C)Cc1ccc(-c2noc(COC3CCCCC3)n2)c(=O)[nH]1. The van der Waals surface area contributed by atoms with Crippen molar-refractivity contribution in [3.63, 3.8) is 0 Å². The average molecular weight is 331 g/mol. The zero-order chi connectivity index (χ0) is 16.9. The lowest BCUT2D eigenvalue weighted by atomic mass is 9.98. The highest BCUT2D eigenvalue weighted by molar-refractivity contribution is 5.52. The van der Waals surface area contributed by atoms with Crippen LogP contribution in [0.5, 0.6) is 0 Å². The van der Waals surface area contributed by atoms with Gasteiger partial charge in [0.25, 0.3) is 11.4 Å². The number of rotatable bonds is 6. The van der Waals surface area contributed by atoms with Crippen LogP contribution in [-0.4, -0.2) is 21.2 Å². The highest BCUT2D eigenvalue weighted by atomic mass is 16.5. The standard InChI is InChI=1S/C18H25N3O3/c1-12(2)10-13-8-9-15(18(22)19-13)17-20-16(24-21-17)11-23-14-6-4-3-5-7-14/h8-9,12,14H,3-7,10-11H2,1-2H3,(H,19,22). The van der Waals surface area contributed by atoms with Crippen LogP contribution < -0.4 is 5.56 Å². The predicted octanol–water partition coefficient (Wildman–Crippen LogP) is 3.47. The molecule has 130 valence electrons. The van der Waals surface area contributed by atoms with Crippen molar-refractivity contribution >= 4 is 0 Å². The first-order valence-corrected chi connectivity index (χ1v) is 8.78. The molecule has 2 aromatic heterocycles. The molecule has 0 unspecified atom stereocenters. The molecule has 2 aromatic rings. The highest BCUT2D eigenvalue weighted by Gasteiger charge is 2.17. The molecular formula is C18H25N3O3. The summed E-state index contributed by atoms with van der Waals surface area (Å²) in [4.78, 5) is 19.4. The van der Waals surface area contributed by atoms with E-state index >= 15 is 0 Å². The number of nitrogens with zero attached hydrogens (tertiary/aromatic N) is 2. The summed E-state index contributed by atoms with van der Waals surface area (Å²) < 4.78 is 11.1. The third kappa shape index (κ3) is 4.32. The molecule has 0 aromatic carbocycles. The molecule has 1 fully saturated rings. The van der Waals surface area contributed by atoms with Crippen molar-refractivity contribution in [2.45, 2.75) is 65.1 Å². The summed E-state index contributed by atoms with van der Waals surface area (Å²) in [6, 6.07) is 3.67. The monoisotopic (exact) mass is 331 g/mol. The Morgan fingerprint density at radius 2 is 2.08 bits per heavy atom.